The molecule has 1 N–H and O–H groups in total. The smallest absolute Gasteiger partial charge is 0.312 e. The first kappa shape index (κ1) is 12.4. The molecule has 1 atom stereocenters. The summed E-state index contributed by atoms with van der Waals surface area (Å²) in [6.07, 6.45) is 4.21. The number of hydrogen-bond donors (Lipinski definition) is 1. The van der Waals surface area contributed by atoms with E-state index in [1.807, 2.05) is 4.57 Å². The molecule has 2 heterocycles. The zero-order chi connectivity index (χ0) is 12.3. The maximum atomic E-state index is 12.1. The summed E-state index contributed by atoms with van der Waals surface area (Å²) in [5.41, 5.74) is 0.0658. The summed E-state index contributed by atoms with van der Waals surface area (Å²) in [4.78, 5) is 12.1. The van der Waals surface area contributed by atoms with Crippen molar-refractivity contribution in [1.82, 2.24) is 19.7 Å². The Labute approximate surface area is 102 Å². The zero-order valence-corrected chi connectivity index (χ0v) is 10.8. The predicted molar refractivity (Wildman–Crippen MR) is 67.2 cm³/mol. The van der Waals surface area contributed by atoms with Crippen LogP contribution in [0.25, 0.3) is 0 Å². The molecule has 0 saturated heterocycles. The molecule has 0 amide bonds. The first-order chi connectivity index (χ1) is 8.26. The average molecular weight is 238 g/mol. The number of hydrogen-bond acceptors (Lipinski definition) is 3. The van der Waals surface area contributed by atoms with Crippen molar-refractivity contribution in [2.24, 2.45) is 0 Å². The molecule has 96 valence electrons. The lowest BCUT2D eigenvalue weighted by molar-refractivity contribution is 0.414. The van der Waals surface area contributed by atoms with Gasteiger partial charge < -0.3 is 5.32 Å². The van der Waals surface area contributed by atoms with Crippen LogP contribution >= 0.6 is 0 Å². The largest absolute Gasteiger partial charge is 0.345 e. The van der Waals surface area contributed by atoms with Gasteiger partial charge in [0, 0.05) is 19.0 Å². The SMILES string of the molecule is CCNC(CC)Cn1nc2n(c1=O)CCCC2. The molecule has 0 fully saturated rings. The van der Waals surface area contributed by atoms with Crippen molar-refractivity contribution >= 4 is 0 Å². The summed E-state index contributed by atoms with van der Waals surface area (Å²) in [5, 5.41) is 7.83. The van der Waals surface area contributed by atoms with E-state index in [4.69, 9.17) is 0 Å². The molecule has 0 spiro atoms. The third-order valence-electron chi connectivity index (χ3n) is 3.41. The maximum Gasteiger partial charge on any atom is 0.345 e. The van der Waals surface area contributed by atoms with Gasteiger partial charge in [0.1, 0.15) is 5.82 Å². The van der Waals surface area contributed by atoms with E-state index in [2.05, 4.69) is 24.3 Å². The Morgan fingerprint density at radius 2 is 2.24 bits per heavy atom. The van der Waals surface area contributed by atoms with Gasteiger partial charge in [-0.25, -0.2) is 9.48 Å². The summed E-state index contributed by atoms with van der Waals surface area (Å²) in [6, 6.07) is 0.342. The van der Waals surface area contributed by atoms with Gasteiger partial charge in [0.15, 0.2) is 0 Å². The van der Waals surface area contributed by atoms with E-state index in [9.17, 15) is 4.79 Å². The molecule has 1 aromatic heterocycles. The quantitative estimate of drug-likeness (QED) is 0.824. The van der Waals surface area contributed by atoms with Crippen LogP contribution in [-0.4, -0.2) is 26.9 Å². The fraction of sp³-hybridized carbons (Fsp3) is 0.833. The van der Waals surface area contributed by atoms with Crippen molar-refractivity contribution in [3.8, 4) is 0 Å². The molecule has 1 aliphatic rings. The molecular weight excluding hydrogens is 216 g/mol. The minimum Gasteiger partial charge on any atom is -0.312 e. The van der Waals surface area contributed by atoms with Crippen LogP contribution in [0.5, 0.6) is 0 Å². The molecule has 0 aliphatic carbocycles. The summed E-state index contributed by atoms with van der Waals surface area (Å²) >= 11 is 0. The second-order valence-electron chi connectivity index (χ2n) is 4.65. The molecule has 0 aromatic carbocycles. The predicted octanol–water partition coefficient (Wildman–Crippen LogP) is 0.769. The highest BCUT2D eigenvalue weighted by molar-refractivity contribution is 4.91. The molecule has 5 heteroatoms. The number of likely N-dealkylation sites (N-methyl/N-ethyl adjacent to an activating group) is 1. The average Bonchev–Trinajstić information content (AvgIpc) is 2.66. The summed E-state index contributed by atoms with van der Waals surface area (Å²) < 4.78 is 3.47. The van der Waals surface area contributed by atoms with E-state index in [0.717, 1.165) is 44.6 Å². The molecule has 1 aromatic rings. The van der Waals surface area contributed by atoms with Crippen molar-refractivity contribution in [3.05, 3.63) is 16.3 Å². The summed E-state index contributed by atoms with van der Waals surface area (Å²) in [6.45, 7) is 6.67. The van der Waals surface area contributed by atoms with Crippen LogP contribution in [0.3, 0.4) is 0 Å². The minimum atomic E-state index is 0.0658. The van der Waals surface area contributed by atoms with E-state index >= 15 is 0 Å². The first-order valence-electron chi connectivity index (χ1n) is 6.66. The van der Waals surface area contributed by atoms with Gasteiger partial charge in [0.2, 0.25) is 0 Å². The normalized spacial score (nSPS) is 16.8. The molecule has 1 unspecified atom stereocenters. The molecule has 1 aliphatic heterocycles. The molecule has 0 bridgehead atoms. The lowest BCUT2D eigenvalue weighted by Crippen LogP contribution is -2.37. The highest BCUT2D eigenvalue weighted by atomic mass is 16.2. The van der Waals surface area contributed by atoms with E-state index in [0.29, 0.717) is 12.6 Å². The Bertz CT molecular complexity index is 421. The van der Waals surface area contributed by atoms with Crippen molar-refractivity contribution in [2.45, 2.75) is 58.7 Å². The second-order valence-corrected chi connectivity index (χ2v) is 4.65. The lowest BCUT2D eigenvalue weighted by atomic mass is 10.2. The van der Waals surface area contributed by atoms with E-state index in [1.165, 1.54) is 0 Å². The topological polar surface area (TPSA) is 51.9 Å². The van der Waals surface area contributed by atoms with Crippen molar-refractivity contribution in [2.75, 3.05) is 6.54 Å². The van der Waals surface area contributed by atoms with Crippen LogP contribution in [-0.2, 0) is 19.5 Å². The first-order valence-corrected chi connectivity index (χ1v) is 6.66. The van der Waals surface area contributed by atoms with Crippen LogP contribution < -0.4 is 11.0 Å². The Balaban J connectivity index is 2.16. The standard InChI is InChI=1S/C12H22N4O/c1-3-10(13-4-2)9-16-12(17)15-8-6-5-7-11(15)14-16/h10,13H,3-9H2,1-2H3. The highest BCUT2D eigenvalue weighted by Crippen LogP contribution is 2.09. The number of aromatic nitrogens is 3. The fourth-order valence-corrected chi connectivity index (χ4v) is 2.40. The Morgan fingerprint density at radius 3 is 2.88 bits per heavy atom. The number of aryl methyl sites for hydroxylation is 1. The van der Waals surface area contributed by atoms with E-state index in [-0.39, 0.29) is 5.69 Å². The van der Waals surface area contributed by atoms with Crippen LogP contribution in [0.2, 0.25) is 0 Å². The number of nitrogens with zero attached hydrogens (tertiary/aromatic N) is 3. The molecular formula is C12H22N4O. The third-order valence-corrected chi connectivity index (χ3v) is 3.41. The van der Waals surface area contributed by atoms with Crippen LogP contribution in [0.4, 0.5) is 0 Å². The van der Waals surface area contributed by atoms with Crippen LogP contribution in [0.1, 0.15) is 38.9 Å². The molecule has 2 rings (SSSR count). The Hall–Kier alpha value is -1.10. The van der Waals surface area contributed by atoms with Crippen LogP contribution in [0, 0.1) is 0 Å². The van der Waals surface area contributed by atoms with Gasteiger partial charge in [-0.15, -0.1) is 0 Å². The Morgan fingerprint density at radius 1 is 1.41 bits per heavy atom. The lowest BCUT2D eigenvalue weighted by Gasteiger charge is -2.14. The third kappa shape index (κ3) is 2.60. The van der Waals surface area contributed by atoms with E-state index < -0.39 is 0 Å². The van der Waals surface area contributed by atoms with Crippen molar-refractivity contribution < 1.29 is 0 Å². The van der Waals surface area contributed by atoms with Gasteiger partial charge in [0.25, 0.3) is 0 Å². The van der Waals surface area contributed by atoms with E-state index in [1.54, 1.807) is 4.68 Å². The summed E-state index contributed by atoms with van der Waals surface area (Å²) in [5.74, 6) is 0.965. The van der Waals surface area contributed by atoms with Gasteiger partial charge in [0.05, 0.1) is 6.54 Å². The molecule has 0 saturated carbocycles. The highest BCUT2D eigenvalue weighted by Gasteiger charge is 2.18. The van der Waals surface area contributed by atoms with Gasteiger partial charge in [-0.2, -0.15) is 5.10 Å². The fourth-order valence-electron chi connectivity index (χ4n) is 2.40. The van der Waals surface area contributed by atoms with Crippen LogP contribution in [0.15, 0.2) is 4.79 Å². The molecule has 5 nitrogen and oxygen atoms in total. The summed E-state index contributed by atoms with van der Waals surface area (Å²) in [7, 11) is 0. The van der Waals surface area contributed by atoms with Gasteiger partial charge in [-0.05, 0) is 25.8 Å². The molecule has 0 radical (unpaired) electrons. The monoisotopic (exact) mass is 238 g/mol. The van der Waals surface area contributed by atoms with Gasteiger partial charge >= 0.3 is 5.69 Å². The van der Waals surface area contributed by atoms with Crippen molar-refractivity contribution in [3.63, 3.8) is 0 Å². The number of fused-ring (bicyclic) bond motifs is 1. The van der Waals surface area contributed by atoms with Gasteiger partial charge in [-0.3, -0.25) is 4.57 Å². The number of rotatable bonds is 5. The molecule has 17 heavy (non-hydrogen) atoms. The second kappa shape index (κ2) is 5.49. The van der Waals surface area contributed by atoms with Crippen molar-refractivity contribution in [1.29, 1.82) is 0 Å². The van der Waals surface area contributed by atoms with Gasteiger partial charge in [-0.1, -0.05) is 13.8 Å². The zero-order valence-electron chi connectivity index (χ0n) is 10.8. The maximum absolute atomic E-state index is 12.1. The number of nitrogens with one attached hydrogen (secondary N) is 1. The minimum absolute atomic E-state index is 0.0658. The Kier molecular flexibility index (Phi) is 3.99.